The molecule has 19 heavy (non-hydrogen) atoms. The topological polar surface area (TPSA) is 46.2 Å². The molecule has 3 nitrogen and oxygen atoms in total. The molecule has 0 fully saturated rings. The van der Waals surface area contributed by atoms with Gasteiger partial charge in [0.25, 0.3) is 10.0 Å². The van der Waals surface area contributed by atoms with Crippen LogP contribution in [0, 0.1) is 12.7 Å². The van der Waals surface area contributed by atoms with Crippen molar-refractivity contribution < 1.29 is 12.8 Å². The lowest BCUT2D eigenvalue weighted by atomic mass is 10.2. The van der Waals surface area contributed by atoms with Gasteiger partial charge in [-0.25, -0.2) is 12.8 Å². The fourth-order valence-electron chi connectivity index (χ4n) is 1.56. The van der Waals surface area contributed by atoms with Gasteiger partial charge < -0.3 is 0 Å². The Balaban J connectivity index is 2.33. The van der Waals surface area contributed by atoms with Gasteiger partial charge in [-0.3, -0.25) is 4.72 Å². The SMILES string of the molecule is Cc1cc(Br)ccc1NS(=O)(=O)c1ccc(F)cc1. The highest BCUT2D eigenvalue weighted by molar-refractivity contribution is 9.10. The van der Waals surface area contributed by atoms with E-state index in [9.17, 15) is 12.8 Å². The maximum absolute atomic E-state index is 12.8. The molecule has 2 aromatic carbocycles. The van der Waals surface area contributed by atoms with E-state index >= 15 is 0 Å². The molecule has 0 radical (unpaired) electrons. The van der Waals surface area contributed by atoms with Crippen molar-refractivity contribution in [3.63, 3.8) is 0 Å². The summed E-state index contributed by atoms with van der Waals surface area (Å²) in [6, 6.07) is 9.90. The minimum absolute atomic E-state index is 0.0243. The summed E-state index contributed by atoms with van der Waals surface area (Å²) >= 11 is 3.31. The van der Waals surface area contributed by atoms with Gasteiger partial charge in [0.15, 0.2) is 0 Å². The molecule has 2 aromatic rings. The number of nitrogens with one attached hydrogen (secondary N) is 1. The van der Waals surface area contributed by atoms with Crippen molar-refractivity contribution in [2.24, 2.45) is 0 Å². The van der Waals surface area contributed by atoms with Gasteiger partial charge in [-0.2, -0.15) is 0 Å². The molecule has 0 unspecified atom stereocenters. The van der Waals surface area contributed by atoms with E-state index in [-0.39, 0.29) is 4.90 Å². The number of aryl methyl sites for hydroxylation is 1. The van der Waals surface area contributed by atoms with Crippen molar-refractivity contribution in [2.75, 3.05) is 4.72 Å². The zero-order chi connectivity index (χ0) is 14.0. The molecule has 0 saturated heterocycles. The molecule has 0 aromatic heterocycles. The van der Waals surface area contributed by atoms with E-state index in [2.05, 4.69) is 20.7 Å². The number of benzene rings is 2. The summed E-state index contributed by atoms with van der Waals surface area (Å²) in [6.07, 6.45) is 0. The molecule has 0 aliphatic carbocycles. The fourth-order valence-corrected chi connectivity index (χ4v) is 3.17. The smallest absolute Gasteiger partial charge is 0.261 e. The Morgan fingerprint density at radius 1 is 1.11 bits per heavy atom. The van der Waals surface area contributed by atoms with Gasteiger partial charge in [-0.05, 0) is 55.0 Å². The summed E-state index contributed by atoms with van der Waals surface area (Å²) in [5.74, 6) is -0.473. The highest BCUT2D eigenvalue weighted by atomic mass is 79.9. The van der Waals surface area contributed by atoms with Crippen LogP contribution >= 0.6 is 15.9 Å². The Bertz CT molecular complexity index is 699. The Morgan fingerprint density at radius 2 is 1.74 bits per heavy atom. The molecule has 2 rings (SSSR count). The number of anilines is 1. The average Bonchev–Trinajstić information content (AvgIpc) is 2.33. The third-order valence-electron chi connectivity index (χ3n) is 2.56. The monoisotopic (exact) mass is 343 g/mol. The van der Waals surface area contributed by atoms with E-state index in [1.807, 2.05) is 6.07 Å². The molecule has 0 bridgehead atoms. The molecule has 100 valence electrons. The highest BCUT2D eigenvalue weighted by Crippen LogP contribution is 2.23. The number of sulfonamides is 1. The second-order valence-electron chi connectivity index (χ2n) is 4.02. The summed E-state index contributed by atoms with van der Waals surface area (Å²) in [5, 5.41) is 0. The molecule has 0 saturated carbocycles. The average molecular weight is 344 g/mol. The van der Waals surface area contributed by atoms with E-state index < -0.39 is 15.8 Å². The molecule has 0 aliphatic heterocycles. The predicted octanol–water partition coefficient (Wildman–Crippen LogP) is 3.70. The van der Waals surface area contributed by atoms with E-state index in [1.165, 1.54) is 12.1 Å². The normalized spacial score (nSPS) is 11.3. The van der Waals surface area contributed by atoms with Crippen molar-refractivity contribution in [1.82, 2.24) is 0 Å². The van der Waals surface area contributed by atoms with Gasteiger partial charge in [-0.1, -0.05) is 15.9 Å². The van der Waals surface area contributed by atoms with Crippen molar-refractivity contribution in [3.05, 3.63) is 58.3 Å². The van der Waals surface area contributed by atoms with Gasteiger partial charge >= 0.3 is 0 Å². The van der Waals surface area contributed by atoms with Crippen LogP contribution in [-0.2, 0) is 10.0 Å². The molecule has 1 N–H and O–H groups in total. The van der Waals surface area contributed by atoms with Crippen LogP contribution in [0.15, 0.2) is 51.8 Å². The van der Waals surface area contributed by atoms with E-state index in [1.54, 1.807) is 19.1 Å². The van der Waals surface area contributed by atoms with Gasteiger partial charge in [0.1, 0.15) is 5.82 Å². The van der Waals surface area contributed by atoms with Gasteiger partial charge in [0.05, 0.1) is 10.6 Å². The Hall–Kier alpha value is -1.40. The Kier molecular flexibility index (Phi) is 3.91. The van der Waals surface area contributed by atoms with Crippen LogP contribution in [0.5, 0.6) is 0 Å². The minimum Gasteiger partial charge on any atom is -0.279 e. The quantitative estimate of drug-likeness (QED) is 0.923. The van der Waals surface area contributed by atoms with Crippen LogP contribution in [0.4, 0.5) is 10.1 Å². The Morgan fingerprint density at radius 3 is 2.32 bits per heavy atom. The standard InChI is InChI=1S/C13H11BrFNO2S/c1-9-8-10(14)2-7-13(9)16-19(17,18)12-5-3-11(15)4-6-12/h2-8,16H,1H3. The van der Waals surface area contributed by atoms with Crippen LogP contribution in [0.1, 0.15) is 5.56 Å². The third kappa shape index (κ3) is 3.33. The highest BCUT2D eigenvalue weighted by Gasteiger charge is 2.15. The second-order valence-corrected chi connectivity index (χ2v) is 6.62. The lowest BCUT2D eigenvalue weighted by Gasteiger charge is -2.10. The number of rotatable bonds is 3. The molecule has 6 heteroatoms. The fraction of sp³-hybridized carbons (Fsp3) is 0.0769. The first-order chi connectivity index (χ1) is 8.88. The van der Waals surface area contributed by atoms with Crippen molar-refractivity contribution in [1.29, 1.82) is 0 Å². The van der Waals surface area contributed by atoms with Crippen molar-refractivity contribution in [3.8, 4) is 0 Å². The number of hydrogen-bond acceptors (Lipinski definition) is 2. The summed E-state index contributed by atoms with van der Waals surface area (Å²) in [5.41, 5.74) is 1.28. The van der Waals surface area contributed by atoms with Crippen molar-refractivity contribution >= 4 is 31.6 Å². The number of hydrogen-bond donors (Lipinski definition) is 1. The molecule has 0 heterocycles. The first-order valence-corrected chi connectivity index (χ1v) is 7.71. The first kappa shape index (κ1) is 14.0. The van der Waals surface area contributed by atoms with E-state index in [0.717, 1.165) is 22.2 Å². The van der Waals surface area contributed by atoms with Gasteiger partial charge in [-0.15, -0.1) is 0 Å². The largest absolute Gasteiger partial charge is 0.279 e. The van der Waals surface area contributed by atoms with Crippen LogP contribution < -0.4 is 4.72 Å². The minimum atomic E-state index is -3.70. The van der Waals surface area contributed by atoms with Crippen LogP contribution in [0.3, 0.4) is 0 Å². The van der Waals surface area contributed by atoms with Gasteiger partial charge in [0, 0.05) is 4.47 Å². The molecule has 0 spiro atoms. The maximum Gasteiger partial charge on any atom is 0.261 e. The molecule has 0 amide bonds. The lowest BCUT2D eigenvalue weighted by Crippen LogP contribution is -2.13. The zero-order valence-corrected chi connectivity index (χ0v) is 12.4. The van der Waals surface area contributed by atoms with Crippen LogP contribution in [0.25, 0.3) is 0 Å². The molecule has 0 atom stereocenters. The molecule has 0 aliphatic rings. The number of halogens is 2. The molecular formula is C13H11BrFNO2S. The summed E-state index contributed by atoms with van der Waals surface area (Å²) < 4.78 is 40.3. The molecular weight excluding hydrogens is 333 g/mol. The maximum atomic E-state index is 12.8. The van der Waals surface area contributed by atoms with Crippen LogP contribution in [-0.4, -0.2) is 8.42 Å². The summed E-state index contributed by atoms with van der Waals surface area (Å²) in [7, 11) is -3.70. The summed E-state index contributed by atoms with van der Waals surface area (Å²) in [6.45, 7) is 1.80. The predicted molar refractivity (Wildman–Crippen MR) is 76.1 cm³/mol. The third-order valence-corrected chi connectivity index (χ3v) is 4.43. The zero-order valence-electron chi connectivity index (χ0n) is 10.0. The first-order valence-electron chi connectivity index (χ1n) is 5.43. The Labute approximate surface area is 119 Å². The lowest BCUT2D eigenvalue weighted by molar-refractivity contribution is 0.599. The van der Waals surface area contributed by atoms with Crippen molar-refractivity contribution in [2.45, 2.75) is 11.8 Å². The van der Waals surface area contributed by atoms with Gasteiger partial charge in [0.2, 0.25) is 0 Å². The van der Waals surface area contributed by atoms with E-state index in [0.29, 0.717) is 5.69 Å². The second kappa shape index (κ2) is 5.30. The summed E-state index contributed by atoms with van der Waals surface area (Å²) in [4.78, 5) is 0.0243. The van der Waals surface area contributed by atoms with E-state index in [4.69, 9.17) is 0 Å². The van der Waals surface area contributed by atoms with Crippen LogP contribution in [0.2, 0.25) is 0 Å².